The number of carbonyl (C=O) groups excluding carboxylic acids is 1. The average molecular weight is 684 g/mol. The summed E-state index contributed by atoms with van der Waals surface area (Å²) in [4.78, 5) is 18.7. The maximum Gasteiger partial charge on any atom is 0.315 e. The first kappa shape index (κ1) is 32.7. The molecule has 0 saturated carbocycles. The molecule has 2 N–H and O–H groups in total. The minimum Gasteiger partial charge on any atom is -0.379 e. The molecule has 1 aromatic heterocycles. The Kier molecular flexibility index (Phi) is 10.0. The minimum atomic E-state index is -0.410. The number of benzene rings is 3. The van der Waals surface area contributed by atoms with Crippen LogP contribution in [0.2, 0.25) is 10.0 Å². The molecule has 0 radical (unpaired) electrons. The van der Waals surface area contributed by atoms with Crippen molar-refractivity contribution in [1.82, 2.24) is 24.5 Å². The highest BCUT2D eigenvalue weighted by Crippen LogP contribution is 2.32. The van der Waals surface area contributed by atoms with Crippen LogP contribution in [0.3, 0.4) is 0 Å². The number of aromatic nitrogens is 2. The third kappa shape index (κ3) is 7.57. The van der Waals surface area contributed by atoms with E-state index in [9.17, 15) is 4.79 Å². The molecule has 0 spiro atoms. The van der Waals surface area contributed by atoms with Crippen molar-refractivity contribution in [3.63, 3.8) is 0 Å². The first-order chi connectivity index (χ1) is 23.4. The van der Waals surface area contributed by atoms with Gasteiger partial charge in [-0.05, 0) is 65.9 Å². The van der Waals surface area contributed by atoms with Gasteiger partial charge in [-0.3, -0.25) is 14.5 Å². The van der Waals surface area contributed by atoms with E-state index in [1.54, 1.807) is 4.90 Å². The Bertz CT molecular complexity index is 1860. The number of hydrogen-bond acceptors (Lipinski definition) is 5. The third-order valence-electron chi connectivity index (χ3n) is 9.59. The number of nitrogens with two attached hydrogens (primary N) is 1. The van der Waals surface area contributed by atoms with Crippen LogP contribution in [0, 0.1) is 11.8 Å². The zero-order chi connectivity index (χ0) is 33.0. The Labute approximate surface area is 292 Å². The van der Waals surface area contributed by atoms with Crippen LogP contribution >= 0.6 is 23.2 Å². The highest BCUT2D eigenvalue weighted by atomic mass is 35.5. The Morgan fingerprint density at radius 1 is 0.854 bits per heavy atom. The number of morpholine rings is 1. The van der Waals surface area contributed by atoms with Crippen LogP contribution in [0.15, 0.2) is 60.7 Å². The Morgan fingerprint density at radius 3 is 2.50 bits per heavy atom. The van der Waals surface area contributed by atoms with Crippen molar-refractivity contribution in [2.45, 2.75) is 45.4 Å². The van der Waals surface area contributed by atoms with Gasteiger partial charge in [-0.1, -0.05) is 59.3 Å². The van der Waals surface area contributed by atoms with Crippen LogP contribution in [0.1, 0.15) is 45.5 Å². The van der Waals surface area contributed by atoms with Crippen LogP contribution in [-0.2, 0) is 43.8 Å². The molecule has 1 saturated heterocycles. The van der Waals surface area contributed by atoms with Crippen LogP contribution in [0.4, 0.5) is 4.79 Å². The van der Waals surface area contributed by atoms with E-state index in [-0.39, 0.29) is 0 Å². The van der Waals surface area contributed by atoms with E-state index >= 15 is 0 Å². The topological polar surface area (TPSA) is 79.9 Å². The molecule has 3 aliphatic rings. The quantitative estimate of drug-likeness (QED) is 0.243. The van der Waals surface area contributed by atoms with Crippen molar-refractivity contribution in [2.75, 3.05) is 45.9 Å². The minimum absolute atomic E-state index is 0.410. The summed E-state index contributed by atoms with van der Waals surface area (Å²) in [7, 11) is 0. The summed E-state index contributed by atoms with van der Waals surface area (Å²) in [6.45, 7) is 9.17. The Hall–Kier alpha value is -3.84. The fourth-order valence-corrected chi connectivity index (χ4v) is 7.24. The smallest absolute Gasteiger partial charge is 0.315 e. The first-order valence-electron chi connectivity index (χ1n) is 16.7. The number of primary amides is 1. The number of aryl methyl sites for hydroxylation is 1. The summed E-state index contributed by atoms with van der Waals surface area (Å²) in [5.41, 5.74) is 15.4. The van der Waals surface area contributed by atoms with Gasteiger partial charge in [0, 0.05) is 91.7 Å². The molecule has 1 fully saturated rings. The molecular weight excluding hydrogens is 643 g/mol. The summed E-state index contributed by atoms with van der Waals surface area (Å²) < 4.78 is 7.63. The fraction of sp³-hybridized carbons (Fsp3) is 0.368. The summed E-state index contributed by atoms with van der Waals surface area (Å²) in [6.07, 6.45) is 2.73. The Balaban J connectivity index is 1.11. The number of rotatable bonds is 7. The van der Waals surface area contributed by atoms with Crippen molar-refractivity contribution in [1.29, 1.82) is 0 Å². The zero-order valence-electron chi connectivity index (χ0n) is 27.1. The molecule has 48 heavy (non-hydrogen) atoms. The summed E-state index contributed by atoms with van der Waals surface area (Å²) in [5.74, 6) is 6.72. The van der Waals surface area contributed by atoms with E-state index in [2.05, 4.69) is 56.7 Å². The second kappa shape index (κ2) is 14.7. The normalized spacial score (nSPS) is 16.6. The van der Waals surface area contributed by atoms with Crippen molar-refractivity contribution in [2.24, 2.45) is 5.73 Å². The number of hydrogen-bond donors (Lipinski definition) is 1. The molecule has 3 aliphatic heterocycles. The third-order valence-corrected chi connectivity index (χ3v) is 10.2. The first-order valence-corrected chi connectivity index (χ1v) is 17.5. The second-order valence-electron chi connectivity index (χ2n) is 12.8. The molecule has 10 heteroatoms. The number of nitrogens with zero attached hydrogens (tertiary/aromatic N) is 5. The maximum absolute atomic E-state index is 12.1. The van der Waals surface area contributed by atoms with Crippen molar-refractivity contribution >= 4 is 29.2 Å². The van der Waals surface area contributed by atoms with Crippen LogP contribution in [0.5, 0.6) is 0 Å². The van der Waals surface area contributed by atoms with E-state index in [1.165, 1.54) is 22.4 Å². The molecule has 4 heterocycles. The molecule has 0 unspecified atom stereocenters. The van der Waals surface area contributed by atoms with E-state index in [1.807, 2.05) is 30.3 Å². The van der Waals surface area contributed by atoms with E-state index in [0.29, 0.717) is 18.1 Å². The number of amides is 2. The largest absolute Gasteiger partial charge is 0.379 e. The van der Waals surface area contributed by atoms with Crippen LogP contribution in [-0.4, -0.2) is 76.4 Å². The van der Waals surface area contributed by atoms with Crippen LogP contribution < -0.4 is 5.73 Å². The lowest BCUT2D eigenvalue weighted by atomic mass is 9.97. The predicted molar refractivity (Wildman–Crippen MR) is 190 cm³/mol. The molecule has 7 rings (SSSR count). The standard InChI is InChI=1S/C38H40Cl2N6O2/c39-33-9-4-28(5-10-33)24-44-16-12-29-6-2-27(22-32(29)25-44)3-7-30-23-31(8-11-35(30)40)37-34-26-45(38(41)47)17-13-36(34)46(42-37)15-1-14-43-18-20-48-21-19-43/h2,4-6,8-11,22-23H,1,12-21,24-26H2,(H2,41,47). The van der Waals surface area contributed by atoms with Crippen molar-refractivity contribution < 1.29 is 9.53 Å². The monoisotopic (exact) mass is 682 g/mol. The molecule has 4 aromatic rings. The number of ether oxygens (including phenoxy) is 1. The lowest BCUT2D eigenvalue weighted by Gasteiger charge is -2.29. The molecule has 248 valence electrons. The highest BCUT2D eigenvalue weighted by molar-refractivity contribution is 6.31. The van der Waals surface area contributed by atoms with E-state index in [0.717, 1.165) is 111 Å². The second-order valence-corrected chi connectivity index (χ2v) is 13.7. The van der Waals surface area contributed by atoms with Gasteiger partial charge >= 0.3 is 6.03 Å². The predicted octanol–water partition coefficient (Wildman–Crippen LogP) is 5.97. The highest BCUT2D eigenvalue weighted by Gasteiger charge is 2.27. The lowest BCUT2D eigenvalue weighted by Crippen LogP contribution is -2.40. The fourth-order valence-electron chi connectivity index (χ4n) is 6.95. The van der Waals surface area contributed by atoms with Gasteiger partial charge in [0.2, 0.25) is 0 Å². The van der Waals surface area contributed by atoms with Crippen LogP contribution in [0.25, 0.3) is 11.3 Å². The number of carbonyl (C=O) groups is 1. The summed E-state index contributed by atoms with van der Waals surface area (Å²) in [5, 5.41) is 6.46. The van der Waals surface area contributed by atoms with Gasteiger partial charge in [-0.15, -0.1) is 0 Å². The van der Waals surface area contributed by atoms with Crippen molar-refractivity contribution in [3.8, 4) is 23.1 Å². The molecule has 0 atom stereocenters. The molecule has 0 aliphatic carbocycles. The molecule has 3 aromatic carbocycles. The van der Waals surface area contributed by atoms with Gasteiger partial charge in [0.1, 0.15) is 0 Å². The Morgan fingerprint density at radius 2 is 1.69 bits per heavy atom. The number of fused-ring (bicyclic) bond motifs is 2. The average Bonchev–Trinajstić information content (AvgIpc) is 3.47. The van der Waals surface area contributed by atoms with Gasteiger partial charge in [-0.25, -0.2) is 4.79 Å². The molecule has 2 amide bonds. The maximum atomic E-state index is 12.1. The molecular formula is C38H40Cl2N6O2. The lowest BCUT2D eigenvalue weighted by molar-refractivity contribution is 0.0368. The van der Waals surface area contributed by atoms with Gasteiger partial charge in [0.05, 0.1) is 30.5 Å². The van der Waals surface area contributed by atoms with Crippen molar-refractivity contribution in [3.05, 3.63) is 110 Å². The van der Waals surface area contributed by atoms with E-state index < -0.39 is 6.03 Å². The van der Waals surface area contributed by atoms with Gasteiger partial charge in [0.25, 0.3) is 0 Å². The van der Waals surface area contributed by atoms with Gasteiger partial charge in [-0.2, -0.15) is 5.10 Å². The van der Waals surface area contributed by atoms with Gasteiger partial charge < -0.3 is 15.4 Å². The molecule has 8 nitrogen and oxygen atoms in total. The molecule has 0 bridgehead atoms. The zero-order valence-corrected chi connectivity index (χ0v) is 28.6. The number of urea groups is 1. The summed E-state index contributed by atoms with van der Waals surface area (Å²) >= 11 is 12.8. The van der Waals surface area contributed by atoms with E-state index in [4.69, 9.17) is 38.8 Å². The summed E-state index contributed by atoms with van der Waals surface area (Å²) in [6, 6.07) is 20.1. The number of halogens is 2. The van der Waals surface area contributed by atoms with Gasteiger partial charge in [0.15, 0.2) is 0 Å². The SMILES string of the molecule is NC(=O)N1CCc2c(c(-c3ccc(Cl)c(C#Cc4ccc5c(c4)CN(Cc4ccc(Cl)cc4)CC5)c3)nn2CCCN2CCOCC2)C1.